The van der Waals surface area contributed by atoms with Gasteiger partial charge in [0.15, 0.2) is 12.1 Å². The molecule has 0 bridgehead atoms. The molecule has 7 unspecified atom stereocenters. The van der Waals surface area contributed by atoms with Crippen LogP contribution in [0.3, 0.4) is 0 Å². The zero-order chi connectivity index (χ0) is 21.5. The Hall–Kier alpha value is -1.43. The molecule has 1 aromatic rings. The Morgan fingerprint density at radius 2 is 1.76 bits per heavy atom. The molecule has 3 rings (SSSR count). The summed E-state index contributed by atoms with van der Waals surface area (Å²) in [4.78, 5) is 12.5. The highest BCUT2D eigenvalue weighted by Gasteiger charge is 2.44. The van der Waals surface area contributed by atoms with Gasteiger partial charge in [0.2, 0.25) is 0 Å². The maximum atomic E-state index is 12.5. The lowest BCUT2D eigenvalue weighted by molar-refractivity contribution is -0.300. The van der Waals surface area contributed by atoms with Crippen molar-refractivity contribution in [2.45, 2.75) is 63.7 Å². The number of aryl methyl sites for hydroxylation is 1. The predicted molar refractivity (Wildman–Crippen MR) is 99.0 cm³/mol. The van der Waals surface area contributed by atoms with Crippen LogP contribution in [-0.2, 0) is 22.5 Å². The molecule has 0 amide bonds. The van der Waals surface area contributed by atoms with E-state index in [1.54, 1.807) is 13.0 Å². The first-order valence-corrected chi connectivity index (χ1v) is 9.63. The molecule has 1 aliphatic carbocycles. The Bertz CT molecular complexity index is 763. The zero-order valence-corrected chi connectivity index (χ0v) is 16.4. The summed E-state index contributed by atoms with van der Waals surface area (Å²) in [7, 11) is 0. The Morgan fingerprint density at radius 3 is 2.38 bits per heavy atom. The highest BCUT2D eigenvalue weighted by Crippen LogP contribution is 2.40. The van der Waals surface area contributed by atoms with E-state index in [9.17, 15) is 35.4 Å². The minimum absolute atomic E-state index is 0.0294. The minimum Gasteiger partial charge on any atom is -0.394 e. The van der Waals surface area contributed by atoms with Crippen LogP contribution in [-0.4, -0.2) is 80.3 Å². The van der Waals surface area contributed by atoms with Gasteiger partial charge in [-0.05, 0) is 35.6 Å². The Labute approximate surface area is 168 Å². The van der Waals surface area contributed by atoms with Gasteiger partial charge in [0.05, 0.1) is 25.9 Å². The summed E-state index contributed by atoms with van der Waals surface area (Å²) in [5.74, 6) is -0.789. The lowest BCUT2D eigenvalue weighted by Crippen LogP contribution is -2.59. The van der Waals surface area contributed by atoms with Crippen molar-refractivity contribution in [3.05, 3.63) is 33.9 Å². The van der Waals surface area contributed by atoms with Crippen LogP contribution in [0.1, 0.15) is 45.6 Å². The molecule has 7 atom stereocenters. The fourth-order valence-corrected chi connectivity index (χ4v) is 4.13. The average molecular weight is 412 g/mol. The summed E-state index contributed by atoms with van der Waals surface area (Å²) in [6, 6.07) is 1.74. The first-order valence-electron chi connectivity index (χ1n) is 9.63. The molecule has 6 N–H and O–H groups in total. The number of carbonyl (C=O) groups excluding carboxylic acids is 1. The van der Waals surface area contributed by atoms with Gasteiger partial charge < -0.3 is 40.1 Å². The molecule has 1 heterocycles. The van der Waals surface area contributed by atoms with Crippen LogP contribution in [0.5, 0.6) is 0 Å². The van der Waals surface area contributed by atoms with Gasteiger partial charge >= 0.3 is 0 Å². The molecular weight excluding hydrogens is 384 g/mol. The fraction of sp³-hybridized carbons (Fsp3) is 0.650. The molecule has 2 aliphatic rings. The summed E-state index contributed by atoms with van der Waals surface area (Å²) in [6.45, 7) is 2.56. The van der Waals surface area contributed by atoms with Crippen LogP contribution in [0.2, 0.25) is 0 Å². The molecule has 0 aromatic heterocycles. The zero-order valence-electron chi connectivity index (χ0n) is 16.4. The van der Waals surface area contributed by atoms with Crippen molar-refractivity contribution in [2.75, 3.05) is 13.2 Å². The summed E-state index contributed by atoms with van der Waals surface area (Å²) < 4.78 is 10.8. The number of aliphatic hydroxyl groups is 6. The van der Waals surface area contributed by atoms with Crippen LogP contribution in [0, 0.1) is 12.8 Å². The molecule has 0 saturated carbocycles. The lowest BCUT2D eigenvalue weighted by atomic mass is 9.91. The molecule has 1 aromatic carbocycles. The van der Waals surface area contributed by atoms with E-state index >= 15 is 0 Å². The summed E-state index contributed by atoms with van der Waals surface area (Å²) in [5.41, 5.74) is 2.80. The summed E-state index contributed by atoms with van der Waals surface area (Å²) in [5, 5.41) is 59.1. The van der Waals surface area contributed by atoms with Gasteiger partial charge in [-0.2, -0.15) is 0 Å². The number of carbonyl (C=O) groups is 1. The third-order valence-corrected chi connectivity index (χ3v) is 5.90. The van der Waals surface area contributed by atoms with E-state index in [4.69, 9.17) is 9.47 Å². The van der Waals surface area contributed by atoms with Crippen molar-refractivity contribution >= 4 is 5.78 Å². The first kappa shape index (κ1) is 22.3. The number of ether oxygens (including phenoxy) is 2. The number of benzene rings is 1. The second-order valence-electron chi connectivity index (χ2n) is 7.69. The van der Waals surface area contributed by atoms with Gasteiger partial charge in [-0.1, -0.05) is 13.0 Å². The topological polar surface area (TPSA) is 157 Å². The van der Waals surface area contributed by atoms with Gasteiger partial charge in [-0.25, -0.2) is 0 Å². The van der Waals surface area contributed by atoms with E-state index in [0.29, 0.717) is 22.3 Å². The number of Topliss-reactive ketones (excluding diaryl/α,β-unsaturated/α-hetero) is 1. The second-order valence-corrected chi connectivity index (χ2v) is 7.69. The smallest absolute Gasteiger partial charge is 0.186 e. The largest absolute Gasteiger partial charge is 0.394 e. The molecule has 29 heavy (non-hydrogen) atoms. The van der Waals surface area contributed by atoms with Gasteiger partial charge in [0.1, 0.15) is 24.4 Å². The van der Waals surface area contributed by atoms with Crippen molar-refractivity contribution in [2.24, 2.45) is 5.92 Å². The Morgan fingerprint density at radius 1 is 1.07 bits per heavy atom. The highest BCUT2D eigenvalue weighted by molar-refractivity contribution is 6.04. The number of rotatable bonds is 6. The molecule has 1 fully saturated rings. The maximum Gasteiger partial charge on any atom is 0.186 e. The Balaban J connectivity index is 1.76. The molecule has 162 valence electrons. The third-order valence-electron chi connectivity index (χ3n) is 5.90. The monoisotopic (exact) mass is 412 g/mol. The van der Waals surface area contributed by atoms with E-state index in [1.165, 1.54) is 0 Å². The van der Waals surface area contributed by atoms with Gasteiger partial charge in [-0.15, -0.1) is 0 Å². The van der Waals surface area contributed by atoms with Gasteiger partial charge in [-0.3, -0.25) is 4.79 Å². The van der Waals surface area contributed by atoms with E-state index in [2.05, 4.69) is 0 Å². The fourth-order valence-electron chi connectivity index (χ4n) is 4.13. The molecule has 9 heteroatoms. The predicted octanol–water partition coefficient (Wildman–Crippen LogP) is -1.29. The average Bonchev–Trinajstić information content (AvgIpc) is 2.92. The van der Waals surface area contributed by atoms with Crippen LogP contribution in [0.4, 0.5) is 0 Å². The van der Waals surface area contributed by atoms with Gasteiger partial charge in [0.25, 0.3) is 0 Å². The van der Waals surface area contributed by atoms with Crippen molar-refractivity contribution in [1.82, 2.24) is 0 Å². The number of hydrogen-bond acceptors (Lipinski definition) is 9. The van der Waals surface area contributed by atoms with Crippen molar-refractivity contribution in [3.63, 3.8) is 0 Å². The standard InChI is InChI=1S/C20H28O9/c1-8-5-11-14(16(24)9(2)15(11)23)12(6-21)10(8)3-4-28-20-19(27)18(26)17(25)13(7-22)29-20/h5,9,13,15,17-23,25-27H,3-4,6-7H2,1-2H3. The Kier molecular flexibility index (Phi) is 6.71. The molecule has 1 aliphatic heterocycles. The number of aliphatic hydroxyl groups excluding tert-OH is 6. The highest BCUT2D eigenvalue weighted by atomic mass is 16.7. The van der Waals surface area contributed by atoms with Crippen LogP contribution < -0.4 is 0 Å². The molecular formula is C20H28O9. The normalized spacial score (nSPS) is 34.5. The number of fused-ring (bicyclic) bond motifs is 1. The third kappa shape index (κ3) is 3.85. The molecule has 0 spiro atoms. The summed E-state index contributed by atoms with van der Waals surface area (Å²) in [6.07, 6.45) is -7.42. The molecule has 1 saturated heterocycles. The lowest BCUT2D eigenvalue weighted by Gasteiger charge is -2.39. The van der Waals surface area contributed by atoms with Crippen molar-refractivity contribution < 1.29 is 44.9 Å². The van der Waals surface area contributed by atoms with Gasteiger partial charge in [0, 0.05) is 11.5 Å². The van der Waals surface area contributed by atoms with E-state index in [0.717, 1.165) is 5.56 Å². The van der Waals surface area contributed by atoms with E-state index < -0.39 is 49.3 Å². The van der Waals surface area contributed by atoms with Crippen LogP contribution in [0.15, 0.2) is 6.07 Å². The SMILES string of the molecule is Cc1cc2c(c(CO)c1CCOC1OC(CO)C(O)C(O)C1O)C(=O)C(C)C2O. The van der Waals surface area contributed by atoms with Crippen molar-refractivity contribution in [3.8, 4) is 0 Å². The summed E-state index contributed by atoms with van der Waals surface area (Å²) >= 11 is 0. The van der Waals surface area contributed by atoms with Crippen LogP contribution >= 0.6 is 0 Å². The van der Waals surface area contributed by atoms with E-state index in [1.807, 2.05) is 6.92 Å². The number of ketones is 1. The molecule has 0 radical (unpaired) electrons. The number of hydrogen-bond donors (Lipinski definition) is 6. The quantitative estimate of drug-likeness (QED) is 0.335. The van der Waals surface area contributed by atoms with Crippen molar-refractivity contribution in [1.29, 1.82) is 0 Å². The second kappa shape index (κ2) is 8.75. The minimum atomic E-state index is -1.53. The molecule has 9 nitrogen and oxygen atoms in total. The maximum absolute atomic E-state index is 12.5. The first-order chi connectivity index (χ1) is 13.7. The van der Waals surface area contributed by atoms with E-state index in [-0.39, 0.29) is 25.4 Å². The van der Waals surface area contributed by atoms with Crippen LogP contribution in [0.25, 0.3) is 0 Å².